The van der Waals surface area contributed by atoms with Gasteiger partial charge >= 0.3 is 0 Å². The fraction of sp³-hybridized carbons (Fsp3) is 0.471. The van der Waals surface area contributed by atoms with E-state index in [1.54, 1.807) is 0 Å². The highest BCUT2D eigenvalue weighted by Gasteiger charge is 2.24. The van der Waals surface area contributed by atoms with Crippen LogP contribution in [0.25, 0.3) is 0 Å². The first-order valence-corrected chi connectivity index (χ1v) is 14.7. The minimum Gasteiger partial charge on any atom is -0.508 e. The molecule has 5 rings (SSSR count). The monoisotopic (exact) mass is 512 g/mol. The molecule has 4 heteroatoms. The van der Waals surface area contributed by atoms with Gasteiger partial charge in [0.1, 0.15) is 18.1 Å². The molecular weight excluding hydrogens is 468 g/mol. The van der Waals surface area contributed by atoms with E-state index in [2.05, 4.69) is 72.6 Å². The van der Waals surface area contributed by atoms with Crippen molar-refractivity contribution >= 4 is 5.69 Å². The van der Waals surface area contributed by atoms with Crippen LogP contribution in [0.2, 0.25) is 0 Å². The maximum absolute atomic E-state index is 9.87. The molecular formula is C34H44N2O2. The molecule has 1 saturated heterocycles. The first-order valence-electron chi connectivity index (χ1n) is 14.7. The van der Waals surface area contributed by atoms with Crippen molar-refractivity contribution in [1.29, 1.82) is 0 Å². The number of phenolic OH excluding ortho intramolecular Hbond substituents is 1. The van der Waals surface area contributed by atoms with Crippen LogP contribution in [-0.4, -0.2) is 42.3 Å². The SMILES string of the molecule is Cc1cccc(NC(C)Cc2ccc(OCCN3CCCCCC3)cc2)c1C1CCc2cc(O)ccc2C1. The number of hydrogen-bond acceptors (Lipinski definition) is 4. The second-order valence-electron chi connectivity index (χ2n) is 11.4. The zero-order valence-corrected chi connectivity index (χ0v) is 23.2. The number of nitrogens with zero attached hydrogens (tertiary/aromatic N) is 1. The van der Waals surface area contributed by atoms with Gasteiger partial charge in [0.05, 0.1) is 0 Å². The van der Waals surface area contributed by atoms with E-state index in [1.165, 1.54) is 72.3 Å². The van der Waals surface area contributed by atoms with E-state index >= 15 is 0 Å². The molecule has 2 N–H and O–H groups in total. The fourth-order valence-corrected chi connectivity index (χ4v) is 6.38. The standard InChI is InChI=1S/C34H44N2O2/c1-25-8-7-9-33(34(25)30-13-12-29-24-31(37)15-14-28(29)23-30)35-26(2)22-27-10-16-32(17-11-27)38-21-20-36-18-5-3-4-6-19-36/h7-11,14-17,24,26,30,35,37H,3-6,12-13,18-23H2,1-2H3. The molecule has 38 heavy (non-hydrogen) atoms. The first-order chi connectivity index (χ1) is 18.5. The van der Waals surface area contributed by atoms with Gasteiger partial charge in [-0.3, -0.25) is 4.90 Å². The number of aryl methyl sites for hydroxylation is 2. The van der Waals surface area contributed by atoms with Gasteiger partial charge in [0.25, 0.3) is 0 Å². The van der Waals surface area contributed by atoms with Gasteiger partial charge in [-0.05, 0) is 130 Å². The fourth-order valence-electron chi connectivity index (χ4n) is 6.38. The molecule has 1 aliphatic heterocycles. The lowest BCUT2D eigenvalue weighted by Crippen LogP contribution is -2.29. The molecule has 0 aromatic heterocycles. The van der Waals surface area contributed by atoms with Gasteiger partial charge < -0.3 is 15.2 Å². The third-order valence-corrected chi connectivity index (χ3v) is 8.39. The number of phenols is 1. The first kappa shape index (κ1) is 26.6. The molecule has 2 atom stereocenters. The number of hydrogen-bond donors (Lipinski definition) is 2. The smallest absolute Gasteiger partial charge is 0.119 e. The van der Waals surface area contributed by atoms with Crippen LogP contribution in [0.4, 0.5) is 5.69 Å². The van der Waals surface area contributed by atoms with Crippen molar-refractivity contribution in [3.8, 4) is 11.5 Å². The summed E-state index contributed by atoms with van der Waals surface area (Å²) in [5.41, 5.74) is 8.06. The summed E-state index contributed by atoms with van der Waals surface area (Å²) in [6.07, 6.45) is 9.53. The number of ether oxygens (including phenoxy) is 1. The largest absolute Gasteiger partial charge is 0.508 e. The average Bonchev–Trinajstić information content (AvgIpc) is 3.18. The molecule has 202 valence electrons. The molecule has 3 aromatic carbocycles. The highest BCUT2D eigenvalue weighted by Crippen LogP contribution is 2.39. The zero-order valence-electron chi connectivity index (χ0n) is 23.2. The van der Waals surface area contributed by atoms with E-state index in [0.717, 1.165) is 44.6 Å². The topological polar surface area (TPSA) is 44.7 Å². The van der Waals surface area contributed by atoms with Gasteiger partial charge in [-0.1, -0.05) is 43.2 Å². The van der Waals surface area contributed by atoms with Crippen molar-refractivity contribution in [2.75, 3.05) is 31.6 Å². The van der Waals surface area contributed by atoms with Crippen molar-refractivity contribution in [2.24, 2.45) is 0 Å². The predicted molar refractivity (Wildman–Crippen MR) is 158 cm³/mol. The number of anilines is 1. The second-order valence-corrected chi connectivity index (χ2v) is 11.4. The average molecular weight is 513 g/mol. The maximum atomic E-state index is 9.87. The van der Waals surface area contributed by atoms with Gasteiger partial charge in [-0.15, -0.1) is 0 Å². The van der Waals surface area contributed by atoms with Crippen molar-refractivity contribution in [1.82, 2.24) is 4.90 Å². The number of rotatable bonds is 9. The molecule has 1 fully saturated rings. The Morgan fingerprint density at radius 1 is 0.974 bits per heavy atom. The third-order valence-electron chi connectivity index (χ3n) is 8.39. The summed E-state index contributed by atoms with van der Waals surface area (Å²) in [5.74, 6) is 1.84. The van der Waals surface area contributed by atoms with Crippen LogP contribution in [0.3, 0.4) is 0 Å². The van der Waals surface area contributed by atoms with Crippen LogP contribution in [0, 0.1) is 6.92 Å². The highest BCUT2D eigenvalue weighted by atomic mass is 16.5. The lowest BCUT2D eigenvalue weighted by molar-refractivity contribution is 0.214. The van der Waals surface area contributed by atoms with Crippen LogP contribution in [-0.2, 0) is 19.3 Å². The summed E-state index contributed by atoms with van der Waals surface area (Å²) >= 11 is 0. The number of nitrogens with one attached hydrogen (secondary N) is 1. The Kier molecular flexibility index (Phi) is 8.90. The maximum Gasteiger partial charge on any atom is 0.119 e. The summed E-state index contributed by atoms with van der Waals surface area (Å²) in [6, 6.07) is 21.5. The van der Waals surface area contributed by atoms with Crippen LogP contribution < -0.4 is 10.1 Å². The van der Waals surface area contributed by atoms with E-state index in [0.29, 0.717) is 17.7 Å². The van der Waals surface area contributed by atoms with Crippen molar-refractivity contribution in [2.45, 2.75) is 77.2 Å². The van der Waals surface area contributed by atoms with Gasteiger partial charge in [0.15, 0.2) is 0 Å². The second kappa shape index (κ2) is 12.7. The molecule has 1 aliphatic carbocycles. The summed E-state index contributed by atoms with van der Waals surface area (Å²) in [4.78, 5) is 2.55. The number of likely N-dealkylation sites (tertiary alicyclic amines) is 1. The molecule has 0 radical (unpaired) electrons. The Hall–Kier alpha value is -2.98. The van der Waals surface area contributed by atoms with E-state index in [4.69, 9.17) is 4.74 Å². The van der Waals surface area contributed by atoms with Gasteiger partial charge in [-0.25, -0.2) is 0 Å². The van der Waals surface area contributed by atoms with E-state index < -0.39 is 0 Å². The zero-order chi connectivity index (χ0) is 26.3. The Balaban J connectivity index is 1.16. The minimum atomic E-state index is 0.318. The Labute approximate surface area is 229 Å². The molecule has 0 spiro atoms. The number of fused-ring (bicyclic) bond motifs is 1. The van der Waals surface area contributed by atoms with Crippen molar-refractivity contribution < 1.29 is 9.84 Å². The minimum absolute atomic E-state index is 0.318. The molecule has 1 heterocycles. The van der Waals surface area contributed by atoms with Crippen molar-refractivity contribution in [3.05, 3.63) is 88.5 Å². The Morgan fingerprint density at radius 3 is 2.55 bits per heavy atom. The summed E-state index contributed by atoms with van der Waals surface area (Å²) < 4.78 is 6.06. The van der Waals surface area contributed by atoms with Gasteiger partial charge in [-0.2, -0.15) is 0 Å². The predicted octanol–water partition coefficient (Wildman–Crippen LogP) is 7.27. The molecule has 0 amide bonds. The lowest BCUT2D eigenvalue weighted by Gasteiger charge is -2.29. The number of aromatic hydroxyl groups is 1. The quantitative estimate of drug-likeness (QED) is 0.316. The lowest BCUT2D eigenvalue weighted by atomic mass is 9.78. The van der Waals surface area contributed by atoms with E-state index in [9.17, 15) is 5.11 Å². The Bertz CT molecular complexity index is 1180. The molecule has 2 aliphatic rings. The third kappa shape index (κ3) is 6.91. The molecule has 0 bridgehead atoms. The summed E-state index contributed by atoms with van der Waals surface area (Å²) in [5, 5.41) is 13.7. The van der Waals surface area contributed by atoms with E-state index in [-0.39, 0.29) is 0 Å². The Morgan fingerprint density at radius 2 is 1.76 bits per heavy atom. The van der Waals surface area contributed by atoms with Crippen molar-refractivity contribution in [3.63, 3.8) is 0 Å². The molecule has 3 aromatic rings. The van der Waals surface area contributed by atoms with Crippen LogP contribution in [0.5, 0.6) is 11.5 Å². The van der Waals surface area contributed by atoms with E-state index in [1.807, 2.05) is 12.1 Å². The van der Waals surface area contributed by atoms with Crippen LogP contribution in [0.1, 0.15) is 72.8 Å². The molecule has 4 nitrogen and oxygen atoms in total. The summed E-state index contributed by atoms with van der Waals surface area (Å²) in [6.45, 7) is 8.74. The van der Waals surface area contributed by atoms with Gasteiger partial charge in [0.2, 0.25) is 0 Å². The number of benzene rings is 3. The molecule has 0 saturated carbocycles. The molecule has 2 unspecified atom stereocenters. The van der Waals surface area contributed by atoms with Crippen LogP contribution in [0.15, 0.2) is 60.7 Å². The normalized spacial score (nSPS) is 18.8. The van der Waals surface area contributed by atoms with Crippen LogP contribution >= 0.6 is 0 Å². The summed E-state index contributed by atoms with van der Waals surface area (Å²) in [7, 11) is 0. The van der Waals surface area contributed by atoms with Gasteiger partial charge in [0, 0.05) is 18.3 Å². The highest BCUT2D eigenvalue weighted by molar-refractivity contribution is 5.58.